The highest BCUT2D eigenvalue weighted by atomic mass is 16.5. The largest absolute Gasteiger partial charge is 0.481 e. The van der Waals surface area contributed by atoms with E-state index in [0.717, 1.165) is 5.56 Å². The SMILES string of the molecule is CNC(c1cccnc1)C1(C(=O)O)COC1. The van der Waals surface area contributed by atoms with Gasteiger partial charge in [-0.3, -0.25) is 9.78 Å². The van der Waals surface area contributed by atoms with Crippen LogP contribution in [0.5, 0.6) is 0 Å². The Balaban J connectivity index is 2.32. The van der Waals surface area contributed by atoms with Gasteiger partial charge in [-0.05, 0) is 18.7 Å². The standard InChI is InChI=1S/C11H14N2O3/c1-12-9(8-3-2-4-13-5-8)11(10(14)15)6-16-7-11/h2-5,9,12H,6-7H2,1H3,(H,14,15). The van der Waals surface area contributed by atoms with Crippen LogP contribution in [-0.2, 0) is 9.53 Å². The van der Waals surface area contributed by atoms with Crippen molar-refractivity contribution >= 4 is 5.97 Å². The molecule has 1 atom stereocenters. The van der Waals surface area contributed by atoms with E-state index >= 15 is 0 Å². The molecule has 5 nitrogen and oxygen atoms in total. The van der Waals surface area contributed by atoms with Crippen LogP contribution in [0.2, 0.25) is 0 Å². The first-order chi connectivity index (χ1) is 7.70. The molecule has 1 aliphatic rings. The van der Waals surface area contributed by atoms with Crippen LogP contribution in [0.4, 0.5) is 0 Å². The first kappa shape index (κ1) is 11.0. The third kappa shape index (κ3) is 1.58. The van der Waals surface area contributed by atoms with Crippen LogP contribution in [0.3, 0.4) is 0 Å². The molecule has 0 radical (unpaired) electrons. The molecule has 1 unspecified atom stereocenters. The van der Waals surface area contributed by atoms with Gasteiger partial charge in [-0.2, -0.15) is 0 Å². The third-order valence-electron chi connectivity index (χ3n) is 3.00. The van der Waals surface area contributed by atoms with Gasteiger partial charge in [0.05, 0.1) is 19.3 Å². The lowest BCUT2D eigenvalue weighted by Crippen LogP contribution is -2.56. The molecule has 1 aromatic rings. The molecule has 0 amide bonds. The Morgan fingerprint density at radius 3 is 2.81 bits per heavy atom. The molecule has 0 saturated carbocycles. The maximum absolute atomic E-state index is 11.3. The minimum absolute atomic E-state index is 0.239. The highest BCUT2D eigenvalue weighted by Crippen LogP contribution is 2.40. The molecule has 0 bridgehead atoms. The minimum Gasteiger partial charge on any atom is -0.481 e. The molecule has 1 saturated heterocycles. The van der Waals surface area contributed by atoms with Gasteiger partial charge in [-0.1, -0.05) is 6.07 Å². The topological polar surface area (TPSA) is 71.5 Å². The number of nitrogens with one attached hydrogen (secondary N) is 1. The smallest absolute Gasteiger partial charge is 0.316 e. The predicted octanol–water partition coefficient (Wildman–Crippen LogP) is 0.443. The molecule has 1 aromatic heterocycles. The maximum Gasteiger partial charge on any atom is 0.316 e. The number of aromatic nitrogens is 1. The number of ether oxygens (including phenoxy) is 1. The molecule has 1 aliphatic heterocycles. The number of carboxylic acids is 1. The van der Waals surface area contributed by atoms with Gasteiger partial charge in [0.15, 0.2) is 0 Å². The third-order valence-corrected chi connectivity index (χ3v) is 3.00. The van der Waals surface area contributed by atoms with Crippen LogP contribution in [0.25, 0.3) is 0 Å². The zero-order valence-electron chi connectivity index (χ0n) is 9.01. The summed E-state index contributed by atoms with van der Waals surface area (Å²) < 4.78 is 5.06. The zero-order valence-corrected chi connectivity index (χ0v) is 9.01. The van der Waals surface area contributed by atoms with Crippen molar-refractivity contribution in [3.05, 3.63) is 30.1 Å². The maximum atomic E-state index is 11.3. The van der Waals surface area contributed by atoms with Crippen LogP contribution >= 0.6 is 0 Å². The second kappa shape index (κ2) is 4.19. The van der Waals surface area contributed by atoms with Crippen molar-refractivity contribution < 1.29 is 14.6 Å². The summed E-state index contributed by atoms with van der Waals surface area (Å²) >= 11 is 0. The summed E-state index contributed by atoms with van der Waals surface area (Å²) in [5.41, 5.74) is 0.00771. The van der Waals surface area contributed by atoms with Crippen LogP contribution in [0, 0.1) is 5.41 Å². The van der Waals surface area contributed by atoms with E-state index in [1.54, 1.807) is 25.5 Å². The van der Waals surface area contributed by atoms with Crippen molar-refractivity contribution in [1.82, 2.24) is 10.3 Å². The zero-order chi connectivity index (χ0) is 11.6. The summed E-state index contributed by atoms with van der Waals surface area (Å²) in [5.74, 6) is -0.832. The first-order valence-corrected chi connectivity index (χ1v) is 5.09. The van der Waals surface area contributed by atoms with Crippen LogP contribution < -0.4 is 5.32 Å². The number of pyridine rings is 1. The Morgan fingerprint density at radius 1 is 1.69 bits per heavy atom. The summed E-state index contributed by atoms with van der Waals surface area (Å²) in [6, 6.07) is 3.40. The van der Waals surface area contributed by atoms with E-state index in [1.165, 1.54) is 0 Å². The van der Waals surface area contributed by atoms with Crippen molar-refractivity contribution in [3.63, 3.8) is 0 Å². The Bertz CT molecular complexity index is 376. The van der Waals surface area contributed by atoms with Gasteiger partial charge in [0.2, 0.25) is 0 Å². The number of hydrogen-bond acceptors (Lipinski definition) is 4. The van der Waals surface area contributed by atoms with Crippen LogP contribution in [0.1, 0.15) is 11.6 Å². The second-order valence-corrected chi connectivity index (χ2v) is 3.96. The number of hydrogen-bond donors (Lipinski definition) is 2. The quantitative estimate of drug-likeness (QED) is 0.773. The highest BCUT2D eigenvalue weighted by Gasteiger charge is 2.52. The van der Waals surface area contributed by atoms with Crippen molar-refractivity contribution in [3.8, 4) is 0 Å². The lowest BCUT2D eigenvalue weighted by Gasteiger charge is -2.43. The van der Waals surface area contributed by atoms with E-state index in [0.29, 0.717) is 0 Å². The Morgan fingerprint density at radius 2 is 2.44 bits per heavy atom. The minimum atomic E-state index is -0.863. The van der Waals surface area contributed by atoms with Crippen molar-refractivity contribution in [2.45, 2.75) is 6.04 Å². The number of rotatable bonds is 4. The lowest BCUT2D eigenvalue weighted by atomic mass is 9.75. The molecule has 0 spiro atoms. The van der Waals surface area contributed by atoms with E-state index in [1.807, 2.05) is 6.07 Å². The van der Waals surface area contributed by atoms with Crippen LogP contribution in [0.15, 0.2) is 24.5 Å². The molecule has 1 fully saturated rings. The number of carbonyl (C=O) groups is 1. The molecule has 5 heteroatoms. The second-order valence-electron chi connectivity index (χ2n) is 3.96. The highest BCUT2D eigenvalue weighted by molar-refractivity contribution is 5.77. The van der Waals surface area contributed by atoms with E-state index in [2.05, 4.69) is 10.3 Å². The fourth-order valence-corrected chi connectivity index (χ4v) is 2.04. The monoisotopic (exact) mass is 222 g/mol. The molecular formula is C11H14N2O3. The molecule has 2 heterocycles. The van der Waals surface area contributed by atoms with Gasteiger partial charge < -0.3 is 15.2 Å². The van der Waals surface area contributed by atoms with Crippen LogP contribution in [-0.4, -0.2) is 36.3 Å². The fraction of sp³-hybridized carbons (Fsp3) is 0.455. The summed E-state index contributed by atoms with van der Waals surface area (Å²) in [6.45, 7) is 0.478. The van der Waals surface area contributed by atoms with Crippen molar-refractivity contribution in [1.29, 1.82) is 0 Å². The van der Waals surface area contributed by atoms with Crippen molar-refractivity contribution in [2.24, 2.45) is 5.41 Å². The summed E-state index contributed by atoms with van der Waals surface area (Å²) in [7, 11) is 1.75. The number of aliphatic carboxylic acids is 1. The van der Waals surface area contributed by atoms with Gasteiger partial charge in [-0.15, -0.1) is 0 Å². The average Bonchev–Trinajstić information content (AvgIpc) is 2.23. The molecule has 16 heavy (non-hydrogen) atoms. The van der Waals surface area contributed by atoms with E-state index in [9.17, 15) is 9.90 Å². The van der Waals surface area contributed by atoms with Gasteiger partial charge in [0.25, 0.3) is 0 Å². The van der Waals surface area contributed by atoms with Gasteiger partial charge in [0.1, 0.15) is 5.41 Å². The summed E-state index contributed by atoms with van der Waals surface area (Å²) in [4.78, 5) is 15.3. The van der Waals surface area contributed by atoms with E-state index in [4.69, 9.17) is 4.74 Å². The predicted molar refractivity (Wildman–Crippen MR) is 56.9 cm³/mol. The van der Waals surface area contributed by atoms with Crippen molar-refractivity contribution in [2.75, 3.05) is 20.3 Å². The molecule has 0 aromatic carbocycles. The Kier molecular flexibility index (Phi) is 2.89. The Hall–Kier alpha value is -1.46. The normalized spacial score (nSPS) is 19.8. The Labute approximate surface area is 93.5 Å². The van der Waals surface area contributed by atoms with Gasteiger partial charge in [-0.25, -0.2) is 0 Å². The molecular weight excluding hydrogens is 208 g/mol. The average molecular weight is 222 g/mol. The van der Waals surface area contributed by atoms with E-state index < -0.39 is 11.4 Å². The molecule has 2 N–H and O–H groups in total. The fourth-order valence-electron chi connectivity index (χ4n) is 2.04. The number of nitrogens with zero attached hydrogens (tertiary/aromatic N) is 1. The number of carboxylic acid groups (broad SMARTS) is 1. The summed E-state index contributed by atoms with van der Waals surface area (Å²) in [5, 5.41) is 12.3. The first-order valence-electron chi connectivity index (χ1n) is 5.09. The lowest BCUT2D eigenvalue weighted by molar-refractivity contribution is -0.186. The van der Waals surface area contributed by atoms with E-state index in [-0.39, 0.29) is 19.3 Å². The molecule has 0 aliphatic carbocycles. The summed E-state index contributed by atoms with van der Waals surface area (Å²) in [6.07, 6.45) is 3.35. The van der Waals surface area contributed by atoms with Gasteiger partial charge >= 0.3 is 5.97 Å². The van der Waals surface area contributed by atoms with Gasteiger partial charge in [0, 0.05) is 12.4 Å². The molecule has 86 valence electrons. The molecule has 2 rings (SSSR count).